The van der Waals surface area contributed by atoms with Crippen LogP contribution in [0.15, 0.2) is 61.2 Å². The maximum atomic E-state index is 13.1. The van der Waals surface area contributed by atoms with Gasteiger partial charge >= 0.3 is 0 Å². The second-order valence-electron chi connectivity index (χ2n) is 5.66. The Morgan fingerprint density at radius 2 is 1.96 bits per heavy atom. The second kappa shape index (κ2) is 9.48. The topological polar surface area (TPSA) is 58.6 Å². The Hall–Kier alpha value is -2.99. The fraction of sp³-hybridized carbons (Fsp3) is 0.200. The summed E-state index contributed by atoms with van der Waals surface area (Å²) in [4.78, 5) is 26.1. The molecule has 2 amide bonds. The van der Waals surface area contributed by atoms with Crippen LogP contribution in [-0.4, -0.2) is 37.0 Å². The molecule has 0 aliphatic rings. The summed E-state index contributed by atoms with van der Waals surface area (Å²) in [6, 6.07) is 12.7. The lowest BCUT2D eigenvalue weighted by molar-refractivity contribution is -0.119. The first-order valence-corrected chi connectivity index (χ1v) is 8.07. The molecule has 0 aliphatic heterocycles. The molecule has 2 aromatic carbocycles. The van der Waals surface area contributed by atoms with Gasteiger partial charge in [0.2, 0.25) is 5.91 Å². The zero-order valence-electron chi connectivity index (χ0n) is 14.6. The molecule has 2 rings (SSSR count). The fourth-order valence-electron chi connectivity index (χ4n) is 2.43. The van der Waals surface area contributed by atoms with E-state index in [0.717, 1.165) is 5.56 Å². The summed E-state index contributed by atoms with van der Waals surface area (Å²) in [5, 5.41) is 2.67. The predicted molar refractivity (Wildman–Crippen MR) is 98.3 cm³/mol. The van der Waals surface area contributed by atoms with Crippen molar-refractivity contribution in [1.82, 2.24) is 4.90 Å². The molecular weight excluding hydrogens is 335 g/mol. The number of nitrogens with zero attached hydrogens (tertiary/aromatic N) is 1. The molecule has 0 bridgehead atoms. The van der Waals surface area contributed by atoms with E-state index in [-0.39, 0.29) is 24.2 Å². The summed E-state index contributed by atoms with van der Waals surface area (Å²) < 4.78 is 17.8. The molecule has 6 heteroatoms. The molecule has 2 aromatic rings. The molecule has 1 N–H and O–H groups in total. The highest BCUT2D eigenvalue weighted by Gasteiger charge is 2.16. The zero-order chi connectivity index (χ0) is 18.9. The first-order chi connectivity index (χ1) is 12.5. The van der Waals surface area contributed by atoms with Crippen LogP contribution in [0.25, 0.3) is 0 Å². The van der Waals surface area contributed by atoms with Crippen LogP contribution < -0.4 is 5.32 Å². The van der Waals surface area contributed by atoms with E-state index >= 15 is 0 Å². The van der Waals surface area contributed by atoms with E-state index in [4.69, 9.17) is 4.74 Å². The lowest BCUT2D eigenvalue weighted by Gasteiger charge is -2.21. The molecule has 0 saturated carbocycles. The van der Waals surface area contributed by atoms with Crippen molar-refractivity contribution in [3.05, 3.63) is 78.1 Å². The molecule has 0 heterocycles. The number of carbonyl (C=O) groups excluding carboxylic acids is 2. The van der Waals surface area contributed by atoms with Gasteiger partial charge in [0.05, 0.1) is 0 Å². The van der Waals surface area contributed by atoms with Crippen molar-refractivity contribution in [1.29, 1.82) is 0 Å². The largest absolute Gasteiger partial charge is 0.375 e. The molecule has 26 heavy (non-hydrogen) atoms. The van der Waals surface area contributed by atoms with E-state index in [9.17, 15) is 14.0 Å². The molecule has 5 nitrogen and oxygen atoms in total. The van der Waals surface area contributed by atoms with E-state index < -0.39 is 0 Å². The van der Waals surface area contributed by atoms with Gasteiger partial charge in [-0.2, -0.15) is 0 Å². The number of ether oxygens (including phenoxy) is 1. The van der Waals surface area contributed by atoms with E-state index in [1.807, 2.05) is 0 Å². The van der Waals surface area contributed by atoms with Gasteiger partial charge in [-0.3, -0.25) is 9.59 Å². The number of benzene rings is 2. The number of methoxy groups -OCH3 is 1. The zero-order valence-corrected chi connectivity index (χ0v) is 14.6. The van der Waals surface area contributed by atoms with E-state index in [1.54, 1.807) is 47.4 Å². The van der Waals surface area contributed by atoms with Crippen LogP contribution in [0, 0.1) is 5.82 Å². The fourth-order valence-corrected chi connectivity index (χ4v) is 2.43. The summed E-state index contributed by atoms with van der Waals surface area (Å²) in [6.45, 7) is 4.29. The number of hydrogen-bond acceptors (Lipinski definition) is 3. The summed E-state index contributed by atoms with van der Waals surface area (Å²) >= 11 is 0. The van der Waals surface area contributed by atoms with Crippen LogP contribution in [0.5, 0.6) is 0 Å². The van der Waals surface area contributed by atoms with E-state index in [2.05, 4.69) is 11.9 Å². The van der Waals surface area contributed by atoms with Gasteiger partial charge in [0.1, 0.15) is 12.4 Å². The summed E-state index contributed by atoms with van der Waals surface area (Å²) in [6.07, 6.45) is 1.63. The molecule has 0 saturated heterocycles. The number of anilines is 1. The number of amides is 2. The van der Waals surface area contributed by atoms with Crippen LogP contribution >= 0.6 is 0 Å². The highest BCUT2D eigenvalue weighted by molar-refractivity contribution is 5.97. The number of hydrogen-bond donors (Lipinski definition) is 1. The Bertz CT molecular complexity index is 775. The molecule has 0 radical (unpaired) electrons. The highest BCUT2D eigenvalue weighted by Crippen LogP contribution is 2.15. The Kier molecular flexibility index (Phi) is 7.05. The first kappa shape index (κ1) is 19.3. The molecule has 0 aliphatic carbocycles. The van der Waals surface area contributed by atoms with Gasteiger partial charge in [0.15, 0.2) is 0 Å². The van der Waals surface area contributed by atoms with Gasteiger partial charge in [-0.05, 0) is 35.9 Å². The van der Waals surface area contributed by atoms with Crippen molar-refractivity contribution >= 4 is 17.5 Å². The third-order valence-electron chi connectivity index (χ3n) is 3.59. The summed E-state index contributed by atoms with van der Waals surface area (Å²) in [5.74, 6) is -0.835. The second-order valence-corrected chi connectivity index (χ2v) is 5.66. The van der Waals surface area contributed by atoms with Crippen molar-refractivity contribution in [3.63, 3.8) is 0 Å². The SMILES string of the molecule is C=CCN(Cc1ccc(F)cc1)C(=O)c1cccc(NC(=O)COC)c1. The average molecular weight is 356 g/mol. The number of carbonyl (C=O) groups is 2. The van der Waals surface area contributed by atoms with Gasteiger partial charge in [0.25, 0.3) is 5.91 Å². The standard InChI is InChI=1S/C20H21FN2O3/c1-3-11-23(13-15-7-9-17(21)10-8-15)20(25)16-5-4-6-18(12-16)22-19(24)14-26-2/h3-10,12H,1,11,13-14H2,2H3,(H,22,24). The van der Waals surface area contributed by atoms with Crippen LogP contribution in [0.1, 0.15) is 15.9 Å². The first-order valence-electron chi connectivity index (χ1n) is 8.07. The van der Waals surface area contributed by atoms with Gasteiger partial charge in [-0.15, -0.1) is 6.58 Å². The minimum Gasteiger partial charge on any atom is -0.375 e. The third-order valence-corrected chi connectivity index (χ3v) is 3.59. The molecule has 136 valence electrons. The van der Waals surface area contributed by atoms with Crippen LogP contribution in [0.4, 0.5) is 10.1 Å². The van der Waals surface area contributed by atoms with Crippen LogP contribution in [0.3, 0.4) is 0 Å². The lowest BCUT2D eigenvalue weighted by atomic mass is 10.1. The Balaban J connectivity index is 2.16. The van der Waals surface area contributed by atoms with Crippen molar-refractivity contribution in [2.75, 3.05) is 25.6 Å². The predicted octanol–water partition coefficient (Wildman–Crippen LogP) is 3.24. The van der Waals surface area contributed by atoms with E-state index in [0.29, 0.717) is 24.3 Å². The molecular formula is C20H21FN2O3. The highest BCUT2D eigenvalue weighted by atomic mass is 19.1. The van der Waals surface area contributed by atoms with Crippen molar-refractivity contribution < 1.29 is 18.7 Å². The maximum Gasteiger partial charge on any atom is 0.254 e. The molecule has 0 atom stereocenters. The number of nitrogens with one attached hydrogen (secondary N) is 1. The maximum absolute atomic E-state index is 13.1. The summed E-state index contributed by atoms with van der Waals surface area (Å²) in [5.41, 5.74) is 1.76. The minimum absolute atomic E-state index is 0.0642. The minimum atomic E-state index is -0.324. The number of rotatable bonds is 8. The van der Waals surface area contributed by atoms with Gasteiger partial charge in [-0.1, -0.05) is 24.3 Å². The van der Waals surface area contributed by atoms with Gasteiger partial charge < -0.3 is 15.0 Å². The van der Waals surface area contributed by atoms with Crippen molar-refractivity contribution in [3.8, 4) is 0 Å². The van der Waals surface area contributed by atoms with Gasteiger partial charge in [-0.25, -0.2) is 4.39 Å². The van der Waals surface area contributed by atoms with E-state index in [1.165, 1.54) is 19.2 Å². The summed E-state index contributed by atoms with van der Waals surface area (Å²) in [7, 11) is 1.43. The molecule has 0 unspecified atom stereocenters. The Labute approximate surface area is 152 Å². The molecule has 0 spiro atoms. The van der Waals surface area contributed by atoms with Crippen molar-refractivity contribution in [2.24, 2.45) is 0 Å². The monoisotopic (exact) mass is 356 g/mol. The van der Waals surface area contributed by atoms with Crippen molar-refractivity contribution in [2.45, 2.75) is 6.54 Å². The third kappa shape index (κ3) is 5.53. The smallest absolute Gasteiger partial charge is 0.254 e. The van der Waals surface area contributed by atoms with Crippen LogP contribution in [-0.2, 0) is 16.1 Å². The molecule has 0 aromatic heterocycles. The van der Waals surface area contributed by atoms with Crippen LogP contribution in [0.2, 0.25) is 0 Å². The Morgan fingerprint density at radius 1 is 1.23 bits per heavy atom. The Morgan fingerprint density at radius 3 is 2.62 bits per heavy atom. The quantitative estimate of drug-likeness (QED) is 0.739. The normalized spacial score (nSPS) is 10.2. The van der Waals surface area contributed by atoms with Gasteiger partial charge in [0, 0.05) is 31.5 Å². The average Bonchev–Trinajstić information content (AvgIpc) is 2.63. The molecule has 0 fully saturated rings. The number of halogens is 1. The lowest BCUT2D eigenvalue weighted by Crippen LogP contribution is -2.30.